The van der Waals surface area contributed by atoms with Crippen LogP contribution in [0.1, 0.15) is 16.1 Å². The first-order chi connectivity index (χ1) is 13.8. The summed E-state index contributed by atoms with van der Waals surface area (Å²) in [5, 5.41) is 5.98. The second-order valence-corrected chi connectivity index (χ2v) is 6.24. The highest BCUT2D eigenvalue weighted by atomic mass is 16.6. The Kier molecular flexibility index (Phi) is 5.33. The first-order valence-electron chi connectivity index (χ1n) is 9.10. The zero-order valence-electron chi connectivity index (χ0n) is 15.2. The van der Waals surface area contributed by atoms with Gasteiger partial charge >= 0.3 is 0 Å². The number of nitrogens with zero attached hydrogens (tertiary/aromatic N) is 2. The lowest BCUT2D eigenvalue weighted by Crippen LogP contribution is -2.17. The van der Waals surface area contributed by atoms with Crippen LogP contribution in [0.3, 0.4) is 0 Å². The Bertz CT molecular complexity index is 963. The Morgan fingerprint density at radius 2 is 1.82 bits per heavy atom. The molecule has 142 valence electrons. The Balaban J connectivity index is 1.37. The predicted molar refractivity (Wildman–Crippen MR) is 106 cm³/mol. The average Bonchev–Trinajstić information content (AvgIpc) is 2.75. The summed E-state index contributed by atoms with van der Waals surface area (Å²) in [6.45, 7) is 1.70. The molecule has 1 aromatic heterocycles. The summed E-state index contributed by atoms with van der Waals surface area (Å²) in [5.41, 5.74) is 2.13. The minimum Gasteiger partial charge on any atom is -0.486 e. The van der Waals surface area contributed by atoms with Crippen LogP contribution in [-0.2, 0) is 6.42 Å². The molecule has 0 fully saturated rings. The number of ether oxygens (including phenoxy) is 2. The van der Waals surface area contributed by atoms with Crippen molar-refractivity contribution in [3.8, 4) is 11.5 Å². The van der Waals surface area contributed by atoms with Gasteiger partial charge in [-0.05, 0) is 30.2 Å². The molecule has 4 rings (SSSR count). The molecule has 0 radical (unpaired) electrons. The van der Waals surface area contributed by atoms with Gasteiger partial charge in [0.05, 0.1) is 0 Å². The van der Waals surface area contributed by atoms with E-state index in [2.05, 4.69) is 32.7 Å². The number of fused-ring (bicyclic) bond motifs is 1. The molecule has 3 aromatic rings. The molecular weight excluding hydrogens is 356 g/mol. The molecule has 1 aliphatic heterocycles. The van der Waals surface area contributed by atoms with Crippen molar-refractivity contribution in [2.45, 2.75) is 6.42 Å². The molecule has 0 saturated carbocycles. The molecule has 2 aromatic carbocycles. The molecule has 0 aliphatic carbocycles. The van der Waals surface area contributed by atoms with Gasteiger partial charge in [-0.3, -0.25) is 4.79 Å². The van der Waals surface area contributed by atoms with E-state index in [1.165, 1.54) is 5.56 Å². The highest BCUT2D eigenvalue weighted by Crippen LogP contribution is 2.32. The lowest BCUT2D eigenvalue weighted by atomic mass is 10.1. The average molecular weight is 376 g/mol. The fourth-order valence-electron chi connectivity index (χ4n) is 2.85. The zero-order valence-corrected chi connectivity index (χ0v) is 15.2. The Morgan fingerprint density at radius 3 is 2.68 bits per heavy atom. The van der Waals surface area contributed by atoms with Crippen molar-refractivity contribution in [3.63, 3.8) is 0 Å². The van der Waals surface area contributed by atoms with E-state index in [0.29, 0.717) is 42.9 Å². The number of carbonyl (C=O) groups excluding carboxylic acids is 1. The van der Waals surface area contributed by atoms with Gasteiger partial charge in [-0.25, -0.2) is 9.97 Å². The van der Waals surface area contributed by atoms with Crippen molar-refractivity contribution in [2.75, 3.05) is 30.4 Å². The van der Waals surface area contributed by atoms with Crippen molar-refractivity contribution in [3.05, 3.63) is 72.1 Å². The van der Waals surface area contributed by atoms with Gasteiger partial charge in [0, 0.05) is 24.5 Å². The number of aromatic nitrogens is 2. The van der Waals surface area contributed by atoms with Crippen LogP contribution < -0.4 is 20.1 Å². The summed E-state index contributed by atoms with van der Waals surface area (Å²) < 4.78 is 11.0. The predicted octanol–water partition coefficient (Wildman–Crippen LogP) is 3.15. The normalized spacial score (nSPS) is 12.3. The maximum atomic E-state index is 12.5. The summed E-state index contributed by atoms with van der Waals surface area (Å²) >= 11 is 0. The van der Waals surface area contributed by atoms with E-state index in [1.807, 2.05) is 18.2 Å². The monoisotopic (exact) mass is 376 g/mol. The number of hydrogen-bond donors (Lipinski definition) is 2. The number of rotatable bonds is 6. The molecule has 7 nitrogen and oxygen atoms in total. The molecule has 0 saturated heterocycles. The lowest BCUT2D eigenvalue weighted by molar-refractivity contribution is 0.102. The third-order valence-electron chi connectivity index (χ3n) is 4.23. The highest BCUT2D eigenvalue weighted by molar-refractivity contribution is 6.03. The summed E-state index contributed by atoms with van der Waals surface area (Å²) in [7, 11) is 0. The molecule has 2 heterocycles. The molecule has 7 heteroatoms. The first kappa shape index (κ1) is 17.8. The number of nitrogens with one attached hydrogen (secondary N) is 2. The molecule has 0 atom stereocenters. The molecule has 0 spiro atoms. The maximum absolute atomic E-state index is 12.5. The van der Waals surface area contributed by atoms with Crippen molar-refractivity contribution in [2.24, 2.45) is 0 Å². The van der Waals surface area contributed by atoms with Crippen molar-refractivity contribution >= 4 is 17.5 Å². The lowest BCUT2D eigenvalue weighted by Gasteiger charge is -2.19. The SMILES string of the molecule is O=C(Nc1ccc2c(c1)OCCO2)c1ccnc(NCCc2ccccc2)n1. The maximum Gasteiger partial charge on any atom is 0.274 e. The number of hydrogen-bond acceptors (Lipinski definition) is 6. The number of carbonyl (C=O) groups is 1. The highest BCUT2D eigenvalue weighted by Gasteiger charge is 2.14. The van der Waals surface area contributed by atoms with Gasteiger partial charge in [0.25, 0.3) is 5.91 Å². The number of anilines is 2. The second-order valence-electron chi connectivity index (χ2n) is 6.24. The van der Waals surface area contributed by atoms with Gasteiger partial charge in [-0.2, -0.15) is 0 Å². The largest absolute Gasteiger partial charge is 0.486 e. The third-order valence-corrected chi connectivity index (χ3v) is 4.23. The van der Waals surface area contributed by atoms with E-state index in [1.54, 1.807) is 30.5 Å². The quantitative estimate of drug-likeness (QED) is 0.687. The second kappa shape index (κ2) is 8.39. The van der Waals surface area contributed by atoms with Gasteiger partial charge in [0.1, 0.15) is 18.9 Å². The third kappa shape index (κ3) is 4.37. The molecule has 1 aliphatic rings. The van der Waals surface area contributed by atoms with Crippen molar-refractivity contribution in [1.82, 2.24) is 9.97 Å². The van der Waals surface area contributed by atoms with Crippen LogP contribution in [0.4, 0.5) is 11.6 Å². The molecule has 0 unspecified atom stereocenters. The zero-order chi connectivity index (χ0) is 19.2. The van der Waals surface area contributed by atoms with E-state index < -0.39 is 0 Å². The van der Waals surface area contributed by atoms with Crippen LogP contribution in [0.15, 0.2) is 60.8 Å². The van der Waals surface area contributed by atoms with Crippen LogP contribution >= 0.6 is 0 Å². The van der Waals surface area contributed by atoms with Crippen LogP contribution in [0, 0.1) is 0 Å². The smallest absolute Gasteiger partial charge is 0.274 e. The summed E-state index contributed by atoms with van der Waals surface area (Å²) in [4.78, 5) is 21.0. The van der Waals surface area contributed by atoms with Crippen LogP contribution in [0.2, 0.25) is 0 Å². The molecule has 1 amide bonds. The Labute approximate surface area is 162 Å². The van der Waals surface area contributed by atoms with E-state index in [4.69, 9.17) is 9.47 Å². The van der Waals surface area contributed by atoms with Crippen LogP contribution in [0.5, 0.6) is 11.5 Å². The molecular formula is C21H20N4O3. The minimum atomic E-state index is -0.315. The Morgan fingerprint density at radius 1 is 1.00 bits per heavy atom. The minimum absolute atomic E-state index is 0.284. The first-order valence-corrected chi connectivity index (χ1v) is 9.10. The summed E-state index contributed by atoms with van der Waals surface area (Å²) in [5.74, 6) is 1.40. The standard InChI is InChI=1S/C21H20N4O3/c26-20(24-16-6-7-18-19(14-16)28-13-12-27-18)17-9-11-23-21(25-17)22-10-8-15-4-2-1-3-5-15/h1-7,9,11,14H,8,10,12-13H2,(H,24,26)(H,22,23,25). The van der Waals surface area contributed by atoms with Crippen LogP contribution in [-0.4, -0.2) is 35.6 Å². The van der Waals surface area contributed by atoms with Crippen molar-refractivity contribution in [1.29, 1.82) is 0 Å². The van der Waals surface area contributed by atoms with E-state index in [9.17, 15) is 4.79 Å². The molecule has 0 bridgehead atoms. The topological polar surface area (TPSA) is 85.4 Å². The fraction of sp³-hybridized carbons (Fsp3) is 0.190. The molecule has 2 N–H and O–H groups in total. The molecule has 28 heavy (non-hydrogen) atoms. The number of amides is 1. The van der Waals surface area contributed by atoms with Crippen molar-refractivity contribution < 1.29 is 14.3 Å². The van der Waals surface area contributed by atoms with Crippen LogP contribution in [0.25, 0.3) is 0 Å². The van der Waals surface area contributed by atoms with E-state index in [-0.39, 0.29) is 11.6 Å². The summed E-state index contributed by atoms with van der Waals surface area (Å²) in [6, 6.07) is 17.0. The van der Waals surface area contributed by atoms with Gasteiger partial charge in [-0.1, -0.05) is 30.3 Å². The van der Waals surface area contributed by atoms with Gasteiger partial charge in [0.15, 0.2) is 11.5 Å². The van der Waals surface area contributed by atoms with Gasteiger partial charge in [-0.15, -0.1) is 0 Å². The fourth-order valence-corrected chi connectivity index (χ4v) is 2.85. The summed E-state index contributed by atoms with van der Waals surface area (Å²) in [6.07, 6.45) is 2.41. The van der Waals surface area contributed by atoms with Gasteiger partial charge < -0.3 is 20.1 Å². The van der Waals surface area contributed by atoms with E-state index in [0.717, 1.165) is 6.42 Å². The van der Waals surface area contributed by atoms with E-state index >= 15 is 0 Å². The number of benzene rings is 2. The van der Waals surface area contributed by atoms with Gasteiger partial charge in [0.2, 0.25) is 5.95 Å². The Hall–Kier alpha value is -3.61.